The van der Waals surface area contributed by atoms with E-state index >= 15 is 0 Å². The molecular weight excluding hydrogens is 252 g/mol. The molecule has 0 aliphatic carbocycles. The smallest absolute Gasteiger partial charge is 0.319 e. The van der Waals surface area contributed by atoms with Crippen molar-refractivity contribution in [3.05, 3.63) is 25.4 Å². The normalized spacial score (nSPS) is 39.2. The van der Waals surface area contributed by atoms with Crippen LogP contribution in [0.15, 0.2) is 25.4 Å². The maximum absolute atomic E-state index is 12.5. The zero-order valence-electron chi connectivity index (χ0n) is 12.5. The highest BCUT2D eigenvalue weighted by molar-refractivity contribution is 5.77. The summed E-state index contributed by atoms with van der Waals surface area (Å²) in [6.45, 7) is 12.7. The highest BCUT2D eigenvalue weighted by Gasteiger charge is 2.51. The molecule has 5 unspecified atom stereocenters. The monoisotopic (exact) mass is 277 g/mol. The van der Waals surface area contributed by atoms with E-state index in [4.69, 9.17) is 0 Å². The highest BCUT2D eigenvalue weighted by Crippen LogP contribution is 2.34. The van der Waals surface area contributed by atoms with Gasteiger partial charge in [0.05, 0.1) is 25.2 Å². The summed E-state index contributed by atoms with van der Waals surface area (Å²) < 4.78 is 0.225. The van der Waals surface area contributed by atoms with Gasteiger partial charge in [0.2, 0.25) is 5.91 Å². The average Bonchev–Trinajstić information content (AvgIpc) is 2.64. The number of amides is 2. The molecule has 5 atom stereocenters. The average molecular weight is 277 g/mol. The van der Waals surface area contributed by atoms with E-state index in [1.165, 1.54) is 0 Å². The third-order valence-electron chi connectivity index (χ3n) is 4.65. The lowest BCUT2D eigenvalue weighted by atomic mass is 9.88. The standard InChI is InChI=1S/C16H24N2O2/c1-5-14(13-7-11(3)8-15(19)17-13)18(6-2)10-12(4)9-16(18)20/h5-6,11-14H,1-2,7-10H2,3-4H3/p+1. The van der Waals surface area contributed by atoms with Gasteiger partial charge in [-0.25, -0.2) is 9.28 Å². The van der Waals surface area contributed by atoms with Gasteiger partial charge in [-0.1, -0.05) is 20.4 Å². The van der Waals surface area contributed by atoms with E-state index in [1.807, 2.05) is 6.08 Å². The van der Waals surface area contributed by atoms with Crippen LogP contribution in [0.3, 0.4) is 0 Å². The molecule has 0 aromatic heterocycles. The fourth-order valence-corrected chi connectivity index (χ4v) is 3.79. The molecule has 0 spiro atoms. The predicted octanol–water partition coefficient (Wildman–Crippen LogP) is 1.98. The van der Waals surface area contributed by atoms with Crippen molar-refractivity contribution in [1.82, 2.24) is 5.32 Å². The van der Waals surface area contributed by atoms with Gasteiger partial charge < -0.3 is 5.32 Å². The van der Waals surface area contributed by atoms with Crippen LogP contribution < -0.4 is 5.32 Å². The van der Waals surface area contributed by atoms with Gasteiger partial charge in [0.25, 0.3) is 0 Å². The van der Waals surface area contributed by atoms with Crippen molar-refractivity contribution in [3.63, 3.8) is 0 Å². The lowest BCUT2D eigenvalue weighted by molar-refractivity contribution is -0.818. The number of rotatable bonds is 4. The molecule has 0 aromatic carbocycles. The molecule has 2 aliphatic heterocycles. The van der Waals surface area contributed by atoms with E-state index in [2.05, 4.69) is 32.3 Å². The van der Waals surface area contributed by atoms with E-state index in [0.29, 0.717) is 24.7 Å². The molecule has 1 N–H and O–H groups in total. The van der Waals surface area contributed by atoms with Crippen LogP contribution in [0, 0.1) is 11.8 Å². The Morgan fingerprint density at radius 1 is 1.25 bits per heavy atom. The molecule has 0 bridgehead atoms. The Morgan fingerprint density at radius 2 is 1.95 bits per heavy atom. The molecule has 4 nitrogen and oxygen atoms in total. The summed E-state index contributed by atoms with van der Waals surface area (Å²) >= 11 is 0. The number of carbonyl (C=O) groups excluding carboxylic acids is 2. The number of hydrogen-bond acceptors (Lipinski definition) is 2. The first kappa shape index (κ1) is 15.0. The fourth-order valence-electron chi connectivity index (χ4n) is 3.79. The van der Waals surface area contributed by atoms with Gasteiger partial charge in [-0.05, 0) is 25.0 Å². The van der Waals surface area contributed by atoms with Gasteiger partial charge in [0.15, 0.2) is 0 Å². The Hall–Kier alpha value is -1.42. The lowest BCUT2D eigenvalue weighted by Crippen LogP contribution is -2.62. The van der Waals surface area contributed by atoms with Crippen molar-refractivity contribution in [1.29, 1.82) is 0 Å². The number of hydrogen-bond donors (Lipinski definition) is 1. The summed E-state index contributed by atoms with van der Waals surface area (Å²) in [5.74, 6) is 0.947. The number of nitrogens with zero attached hydrogens (tertiary/aromatic N) is 1. The molecular formula is C16H25N2O2+. The van der Waals surface area contributed by atoms with Crippen molar-refractivity contribution < 1.29 is 14.1 Å². The summed E-state index contributed by atoms with van der Waals surface area (Å²) in [6.07, 6.45) is 5.59. The van der Waals surface area contributed by atoms with Gasteiger partial charge in [-0.3, -0.25) is 4.79 Å². The van der Waals surface area contributed by atoms with Crippen LogP contribution in [-0.4, -0.2) is 34.9 Å². The lowest BCUT2D eigenvalue weighted by Gasteiger charge is -2.41. The van der Waals surface area contributed by atoms with E-state index in [0.717, 1.165) is 13.0 Å². The van der Waals surface area contributed by atoms with Crippen LogP contribution >= 0.6 is 0 Å². The SMILES string of the molecule is C=CC(C1CC(C)CC(=O)N1)[N+]1(C=C)CC(C)CC1=O. The van der Waals surface area contributed by atoms with E-state index in [1.54, 1.807) is 6.20 Å². The number of carbonyl (C=O) groups is 2. The van der Waals surface area contributed by atoms with Crippen molar-refractivity contribution in [3.8, 4) is 0 Å². The Balaban J connectivity index is 2.30. The Morgan fingerprint density at radius 3 is 2.40 bits per heavy atom. The van der Waals surface area contributed by atoms with Gasteiger partial charge in [0.1, 0.15) is 6.04 Å². The van der Waals surface area contributed by atoms with Gasteiger partial charge in [-0.2, -0.15) is 0 Å². The highest BCUT2D eigenvalue weighted by atomic mass is 16.2. The second kappa shape index (κ2) is 5.52. The molecule has 2 saturated heterocycles. The molecule has 0 saturated carbocycles. The number of piperidine rings is 1. The molecule has 20 heavy (non-hydrogen) atoms. The molecule has 2 heterocycles. The van der Waals surface area contributed by atoms with Crippen LogP contribution in [0.25, 0.3) is 0 Å². The van der Waals surface area contributed by atoms with Gasteiger partial charge in [0, 0.05) is 12.3 Å². The molecule has 2 aliphatic rings. The molecule has 0 aromatic rings. The summed E-state index contributed by atoms with van der Waals surface area (Å²) in [5.41, 5.74) is 0. The predicted molar refractivity (Wildman–Crippen MR) is 78.4 cm³/mol. The summed E-state index contributed by atoms with van der Waals surface area (Å²) in [6, 6.07) is -0.146. The van der Waals surface area contributed by atoms with Crippen LogP contribution in [0.2, 0.25) is 0 Å². The minimum atomic E-state index is -0.114. The van der Waals surface area contributed by atoms with Crippen molar-refractivity contribution >= 4 is 11.8 Å². The minimum Gasteiger partial charge on any atom is -0.347 e. The van der Waals surface area contributed by atoms with E-state index in [9.17, 15) is 9.59 Å². The van der Waals surface area contributed by atoms with Crippen LogP contribution in [-0.2, 0) is 9.59 Å². The second-order valence-electron chi connectivity index (χ2n) is 6.44. The third-order valence-corrected chi connectivity index (χ3v) is 4.65. The van der Waals surface area contributed by atoms with E-state index < -0.39 is 0 Å². The zero-order chi connectivity index (χ0) is 14.9. The molecule has 4 heteroatoms. The summed E-state index contributed by atoms with van der Waals surface area (Å²) in [4.78, 5) is 24.3. The minimum absolute atomic E-state index is 0.0315. The second-order valence-corrected chi connectivity index (χ2v) is 6.44. The zero-order valence-corrected chi connectivity index (χ0v) is 12.5. The van der Waals surface area contributed by atoms with Crippen LogP contribution in [0.5, 0.6) is 0 Å². The molecule has 2 rings (SSSR count). The van der Waals surface area contributed by atoms with Crippen molar-refractivity contribution in [2.24, 2.45) is 11.8 Å². The van der Waals surface area contributed by atoms with Crippen molar-refractivity contribution in [2.45, 2.75) is 45.2 Å². The number of nitrogens with one attached hydrogen (secondary N) is 1. The van der Waals surface area contributed by atoms with E-state index in [-0.39, 0.29) is 28.4 Å². The fraction of sp³-hybridized carbons (Fsp3) is 0.625. The molecule has 2 amide bonds. The Kier molecular flexibility index (Phi) is 4.14. The quantitative estimate of drug-likeness (QED) is 0.631. The Labute approximate surface area is 121 Å². The topological polar surface area (TPSA) is 46.2 Å². The number of quaternary nitrogens is 1. The number of likely N-dealkylation sites (tertiary alicyclic amines) is 1. The molecule has 2 fully saturated rings. The maximum Gasteiger partial charge on any atom is 0.319 e. The first-order valence-electron chi connectivity index (χ1n) is 7.39. The maximum atomic E-state index is 12.5. The van der Waals surface area contributed by atoms with Gasteiger partial charge >= 0.3 is 5.91 Å². The first-order valence-corrected chi connectivity index (χ1v) is 7.39. The largest absolute Gasteiger partial charge is 0.347 e. The summed E-state index contributed by atoms with van der Waals surface area (Å²) in [5, 5.41) is 3.04. The Bertz CT molecular complexity index is 446. The van der Waals surface area contributed by atoms with Crippen molar-refractivity contribution in [2.75, 3.05) is 6.54 Å². The third kappa shape index (κ3) is 2.44. The molecule has 0 radical (unpaired) electrons. The first-order chi connectivity index (χ1) is 9.42. The summed E-state index contributed by atoms with van der Waals surface area (Å²) in [7, 11) is 0. The van der Waals surface area contributed by atoms with Gasteiger partial charge in [-0.15, -0.1) is 0 Å². The van der Waals surface area contributed by atoms with Crippen LogP contribution in [0.1, 0.15) is 33.1 Å². The van der Waals surface area contributed by atoms with Crippen LogP contribution in [0.4, 0.5) is 0 Å². The molecule has 110 valence electrons.